The zero-order valence-corrected chi connectivity index (χ0v) is 12.6. The summed E-state index contributed by atoms with van der Waals surface area (Å²) in [7, 11) is -4.77. The highest BCUT2D eigenvalue weighted by Crippen LogP contribution is 2.64. The smallest absolute Gasteiger partial charge is 0.302 e. The van der Waals surface area contributed by atoms with Crippen molar-refractivity contribution in [1.82, 2.24) is 0 Å². The standard InChI is InChI=1S/C10H14F7O4P/c1-6(2)7(3,21-22(18,19)20-6)4-8(11,12)9(13,14)5-10(15,16)17/h4-5H2,1-3H3,(H,18,19). The second-order valence-corrected chi connectivity index (χ2v) is 7.07. The van der Waals surface area contributed by atoms with Crippen molar-refractivity contribution < 1.29 is 49.2 Å². The molecule has 0 aliphatic carbocycles. The van der Waals surface area contributed by atoms with Gasteiger partial charge in [0.15, 0.2) is 0 Å². The van der Waals surface area contributed by atoms with Gasteiger partial charge >= 0.3 is 25.8 Å². The van der Waals surface area contributed by atoms with Crippen molar-refractivity contribution in [3.05, 3.63) is 0 Å². The molecule has 1 N–H and O–H groups in total. The van der Waals surface area contributed by atoms with E-state index in [9.17, 15) is 35.3 Å². The molecule has 1 rings (SSSR count). The van der Waals surface area contributed by atoms with E-state index < -0.39 is 49.9 Å². The molecule has 12 heteroatoms. The van der Waals surface area contributed by atoms with Crippen LogP contribution in [0.15, 0.2) is 0 Å². The molecule has 0 aromatic carbocycles. The van der Waals surface area contributed by atoms with E-state index in [1.165, 1.54) is 0 Å². The molecule has 0 amide bonds. The Bertz CT molecular complexity index is 490. The summed E-state index contributed by atoms with van der Waals surface area (Å²) in [6, 6.07) is 0. The molecule has 0 radical (unpaired) electrons. The SMILES string of the molecule is CC1(C)OP(=O)(O)OC1(C)CC(F)(F)C(F)(F)CC(F)(F)F. The quantitative estimate of drug-likeness (QED) is 0.599. The monoisotopic (exact) mass is 362 g/mol. The topological polar surface area (TPSA) is 55.8 Å². The number of rotatable bonds is 4. The average Bonchev–Trinajstić information content (AvgIpc) is 2.22. The number of halogens is 7. The molecule has 1 heterocycles. The highest BCUT2D eigenvalue weighted by Gasteiger charge is 2.68. The first-order valence-corrected chi connectivity index (χ1v) is 7.39. The fraction of sp³-hybridized carbons (Fsp3) is 1.00. The van der Waals surface area contributed by atoms with Crippen LogP contribution in [0.2, 0.25) is 0 Å². The third kappa shape index (κ3) is 3.93. The Labute approximate surface area is 121 Å². The Hall–Kier alpha value is -0.380. The normalized spacial score (nSPS) is 33.2. The average molecular weight is 362 g/mol. The highest BCUT2D eigenvalue weighted by molar-refractivity contribution is 7.47. The zero-order chi connectivity index (χ0) is 17.8. The summed E-state index contributed by atoms with van der Waals surface area (Å²) in [4.78, 5) is 9.15. The lowest BCUT2D eigenvalue weighted by Gasteiger charge is -2.38. The molecule has 132 valence electrons. The van der Waals surface area contributed by atoms with Gasteiger partial charge in [0.1, 0.15) is 17.6 Å². The molecule has 2 atom stereocenters. The van der Waals surface area contributed by atoms with Crippen molar-refractivity contribution >= 4 is 7.82 Å². The Morgan fingerprint density at radius 1 is 0.955 bits per heavy atom. The van der Waals surface area contributed by atoms with Gasteiger partial charge in [-0.2, -0.15) is 30.7 Å². The van der Waals surface area contributed by atoms with Crippen LogP contribution >= 0.6 is 7.82 Å². The largest absolute Gasteiger partial charge is 0.473 e. The third-order valence-corrected chi connectivity index (χ3v) is 4.77. The minimum Gasteiger partial charge on any atom is -0.302 e. The maximum atomic E-state index is 13.7. The van der Waals surface area contributed by atoms with Crippen molar-refractivity contribution in [2.24, 2.45) is 0 Å². The van der Waals surface area contributed by atoms with Crippen LogP contribution in [-0.2, 0) is 13.6 Å². The summed E-state index contributed by atoms with van der Waals surface area (Å²) in [5.74, 6) is -10.5. The lowest BCUT2D eigenvalue weighted by atomic mass is 9.81. The molecule has 1 saturated heterocycles. The lowest BCUT2D eigenvalue weighted by molar-refractivity contribution is -0.277. The maximum absolute atomic E-state index is 13.7. The van der Waals surface area contributed by atoms with Gasteiger partial charge in [0.25, 0.3) is 0 Å². The molecule has 4 nitrogen and oxygen atoms in total. The summed E-state index contributed by atoms with van der Waals surface area (Å²) in [6.07, 6.45) is -10.5. The number of alkyl halides is 7. The van der Waals surface area contributed by atoms with E-state index in [0.29, 0.717) is 0 Å². The first-order chi connectivity index (χ1) is 9.33. The van der Waals surface area contributed by atoms with Gasteiger partial charge in [-0.25, -0.2) is 4.57 Å². The van der Waals surface area contributed by atoms with Crippen molar-refractivity contribution in [3.63, 3.8) is 0 Å². The maximum Gasteiger partial charge on any atom is 0.473 e. The molecule has 1 aliphatic heterocycles. The summed E-state index contributed by atoms with van der Waals surface area (Å²) in [5.41, 5.74) is -4.29. The van der Waals surface area contributed by atoms with Gasteiger partial charge in [0.2, 0.25) is 0 Å². The van der Waals surface area contributed by atoms with Crippen molar-refractivity contribution in [2.45, 2.75) is 62.8 Å². The van der Waals surface area contributed by atoms with Crippen LogP contribution in [0.3, 0.4) is 0 Å². The fourth-order valence-corrected chi connectivity index (χ4v) is 3.55. The molecule has 0 aromatic rings. The highest BCUT2D eigenvalue weighted by atomic mass is 31.2. The van der Waals surface area contributed by atoms with Gasteiger partial charge < -0.3 is 4.89 Å². The number of hydrogen-bond donors (Lipinski definition) is 1. The van der Waals surface area contributed by atoms with Crippen molar-refractivity contribution in [2.75, 3.05) is 0 Å². The molecule has 0 bridgehead atoms. The predicted octanol–water partition coefficient (Wildman–Crippen LogP) is 4.28. The molecule has 2 unspecified atom stereocenters. The Morgan fingerprint density at radius 2 is 1.41 bits per heavy atom. The van der Waals surface area contributed by atoms with Crippen LogP contribution in [0, 0.1) is 0 Å². The van der Waals surface area contributed by atoms with E-state index in [0.717, 1.165) is 20.8 Å². The van der Waals surface area contributed by atoms with Gasteiger partial charge in [0.05, 0.1) is 0 Å². The second-order valence-electron chi connectivity index (χ2n) is 5.77. The van der Waals surface area contributed by atoms with Gasteiger partial charge in [0, 0.05) is 6.42 Å². The molecule has 22 heavy (non-hydrogen) atoms. The Balaban J connectivity index is 3.08. The first kappa shape index (κ1) is 19.7. The van der Waals surface area contributed by atoms with Crippen LogP contribution in [0.4, 0.5) is 30.7 Å². The summed E-state index contributed by atoms with van der Waals surface area (Å²) < 4.78 is 110. The van der Waals surface area contributed by atoms with E-state index in [1.54, 1.807) is 0 Å². The molecule has 0 spiro atoms. The Morgan fingerprint density at radius 3 is 1.73 bits per heavy atom. The molecule has 0 aromatic heterocycles. The van der Waals surface area contributed by atoms with E-state index in [-0.39, 0.29) is 0 Å². The van der Waals surface area contributed by atoms with E-state index in [2.05, 4.69) is 9.05 Å². The second kappa shape index (κ2) is 5.06. The zero-order valence-electron chi connectivity index (χ0n) is 11.7. The third-order valence-electron chi connectivity index (χ3n) is 3.45. The molecular weight excluding hydrogens is 348 g/mol. The minimum absolute atomic E-state index is 0.792. The van der Waals surface area contributed by atoms with Crippen molar-refractivity contribution in [3.8, 4) is 0 Å². The summed E-state index contributed by atoms with van der Waals surface area (Å²) in [6.45, 7) is 2.85. The Kier molecular flexibility index (Phi) is 4.52. The first-order valence-electron chi connectivity index (χ1n) is 5.89. The van der Waals surface area contributed by atoms with Crippen molar-refractivity contribution in [1.29, 1.82) is 0 Å². The molecule has 1 aliphatic rings. The number of phosphoric acid groups is 1. The van der Waals surface area contributed by atoms with Crippen LogP contribution in [0.5, 0.6) is 0 Å². The van der Waals surface area contributed by atoms with E-state index >= 15 is 0 Å². The van der Waals surface area contributed by atoms with Crippen LogP contribution < -0.4 is 0 Å². The molecule has 1 fully saturated rings. The van der Waals surface area contributed by atoms with Crippen LogP contribution in [0.25, 0.3) is 0 Å². The predicted molar refractivity (Wildman–Crippen MR) is 59.7 cm³/mol. The van der Waals surface area contributed by atoms with E-state index in [4.69, 9.17) is 4.89 Å². The van der Waals surface area contributed by atoms with Crippen LogP contribution in [-0.4, -0.2) is 34.1 Å². The molecule has 0 saturated carbocycles. The van der Waals surface area contributed by atoms with E-state index in [1.807, 2.05) is 0 Å². The number of phosphoric ester groups is 1. The molecular formula is C10H14F7O4P. The van der Waals surface area contributed by atoms with Gasteiger partial charge in [-0.05, 0) is 20.8 Å². The van der Waals surface area contributed by atoms with Gasteiger partial charge in [-0.15, -0.1) is 0 Å². The van der Waals surface area contributed by atoms with Crippen LogP contribution in [0.1, 0.15) is 33.6 Å². The minimum atomic E-state index is -5.51. The summed E-state index contributed by atoms with van der Waals surface area (Å²) >= 11 is 0. The number of hydrogen-bond acceptors (Lipinski definition) is 3. The van der Waals surface area contributed by atoms with Gasteiger partial charge in [-0.3, -0.25) is 9.05 Å². The summed E-state index contributed by atoms with van der Waals surface area (Å²) in [5, 5.41) is 0. The van der Waals surface area contributed by atoms with Gasteiger partial charge in [-0.1, -0.05) is 0 Å². The lowest BCUT2D eigenvalue weighted by Crippen LogP contribution is -2.54. The fourth-order valence-electron chi connectivity index (χ4n) is 1.95.